The van der Waals surface area contributed by atoms with Crippen LogP contribution in [0.3, 0.4) is 0 Å². The van der Waals surface area contributed by atoms with Gasteiger partial charge in [0.15, 0.2) is 0 Å². The average Bonchev–Trinajstić information content (AvgIpc) is 2.71. The zero-order valence-electron chi connectivity index (χ0n) is 6.64. The molecule has 0 radical (unpaired) electrons. The van der Waals surface area contributed by atoms with Gasteiger partial charge in [-0.15, -0.1) is 0 Å². The van der Waals surface area contributed by atoms with Gasteiger partial charge in [0.2, 0.25) is 12.2 Å². The van der Waals surface area contributed by atoms with Gasteiger partial charge in [-0.1, -0.05) is 17.3 Å². The molecule has 13 heavy (non-hydrogen) atoms. The van der Waals surface area contributed by atoms with Crippen LogP contribution in [0.4, 0.5) is 0 Å². The van der Waals surface area contributed by atoms with Gasteiger partial charge in [-0.2, -0.15) is 10.2 Å². The molecule has 1 heterocycles. The van der Waals surface area contributed by atoms with E-state index in [0.29, 0.717) is 11.4 Å². The molecule has 4 heteroatoms. The number of hydrogen-bond acceptors (Lipinski definition) is 4. The number of aromatic nitrogens is 2. The molecule has 0 N–H and O–H groups in total. The van der Waals surface area contributed by atoms with Crippen molar-refractivity contribution in [1.29, 1.82) is 5.26 Å². The Kier molecular flexibility index (Phi) is 1.77. The number of nitrogens with zero attached hydrogens (tertiary/aromatic N) is 3. The Morgan fingerprint density at radius 3 is 3.00 bits per heavy atom. The Morgan fingerprint density at radius 2 is 2.31 bits per heavy atom. The number of hydrogen-bond donors (Lipinski definition) is 0. The average molecular weight is 171 g/mol. The van der Waals surface area contributed by atoms with E-state index in [4.69, 9.17) is 5.26 Å². The molecule has 0 fully saturated rings. The van der Waals surface area contributed by atoms with E-state index in [-0.39, 0.29) is 0 Å². The van der Waals surface area contributed by atoms with Crippen LogP contribution in [-0.4, -0.2) is 10.1 Å². The number of benzene rings is 1. The summed E-state index contributed by atoms with van der Waals surface area (Å²) in [6, 6.07) is 9.09. The molecular formula is C9H5N3O. The molecule has 1 aromatic heterocycles. The van der Waals surface area contributed by atoms with Gasteiger partial charge in [-0.05, 0) is 12.1 Å². The Labute approximate surface area is 74.4 Å². The van der Waals surface area contributed by atoms with E-state index >= 15 is 0 Å². The summed E-state index contributed by atoms with van der Waals surface area (Å²) in [4.78, 5) is 3.87. The quantitative estimate of drug-likeness (QED) is 0.653. The first-order valence-electron chi connectivity index (χ1n) is 3.67. The van der Waals surface area contributed by atoms with Crippen molar-refractivity contribution in [2.45, 2.75) is 0 Å². The van der Waals surface area contributed by atoms with Gasteiger partial charge < -0.3 is 4.52 Å². The molecule has 2 rings (SSSR count). The zero-order chi connectivity index (χ0) is 9.10. The third-order valence-corrected chi connectivity index (χ3v) is 1.61. The van der Waals surface area contributed by atoms with Crippen LogP contribution in [0.1, 0.15) is 5.56 Å². The smallest absolute Gasteiger partial charge is 0.214 e. The van der Waals surface area contributed by atoms with E-state index in [1.54, 1.807) is 18.2 Å². The van der Waals surface area contributed by atoms with Crippen LogP contribution >= 0.6 is 0 Å². The summed E-state index contributed by atoms with van der Waals surface area (Å²) in [5.41, 5.74) is 1.37. The van der Waals surface area contributed by atoms with Crippen LogP contribution in [0.2, 0.25) is 0 Å². The Bertz CT molecular complexity index is 442. The highest BCUT2D eigenvalue weighted by Gasteiger charge is 2.02. The fourth-order valence-electron chi connectivity index (χ4n) is 1.03. The maximum atomic E-state index is 8.65. The highest BCUT2D eigenvalue weighted by atomic mass is 16.5. The molecule has 0 spiro atoms. The van der Waals surface area contributed by atoms with Gasteiger partial charge in [-0.3, -0.25) is 0 Å². The first-order valence-corrected chi connectivity index (χ1v) is 3.67. The lowest BCUT2D eigenvalue weighted by molar-refractivity contribution is 0.419. The third kappa shape index (κ3) is 1.40. The molecule has 2 aromatic rings. The molecule has 0 saturated carbocycles. The zero-order valence-corrected chi connectivity index (χ0v) is 6.64. The predicted octanol–water partition coefficient (Wildman–Crippen LogP) is 1.61. The van der Waals surface area contributed by atoms with E-state index in [0.717, 1.165) is 5.56 Å². The van der Waals surface area contributed by atoms with Gasteiger partial charge in [-0.25, -0.2) is 0 Å². The molecule has 0 aliphatic carbocycles. The van der Waals surface area contributed by atoms with Gasteiger partial charge in [0.1, 0.15) is 0 Å². The molecule has 1 aromatic carbocycles. The molecular weight excluding hydrogens is 166 g/mol. The van der Waals surface area contributed by atoms with Crippen LogP contribution in [0.25, 0.3) is 11.4 Å². The van der Waals surface area contributed by atoms with Gasteiger partial charge >= 0.3 is 0 Å². The minimum Gasteiger partial charge on any atom is -0.342 e. The van der Waals surface area contributed by atoms with Gasteiger partial charge in [0, 0.05) is 5.56 Å². The Balaban J connectivity index is 2.49. The largest absolute Gasteiger partial charge is 0.342 e. The van der Waals surface area contributed by atoms with Crippen molar-refractivity contribution in [3.8, 4) is 17.5 Å². The van der Waals surface area contributed by atoms with E-state index in [9.17, 15) is 0 Å². The minimum absolute atomic E-state index is 0.497. The number of rotatable bonds is 1. The van der Waals surface area contributed by atoms with E-state index in [1.807, 2.05) is 12.1 Å². The van der Waals surface area contributed by atoms with Gasteiger partial charge in [0.05, 0.1) is 11.6 Å². The summed E-state index contributed by atoms with van der Waals surface area (Å²) >= 11 is 0. The minimum atomic E-state index is 0.497. The van der Waals surface area contributed by atoms with Crippen LogP contribution in [0.5, 0.6) is 0 Å². The normalized spacial score (nSPS) is 9.46. The first kappa shape index (κ1) is 7.50. The fourth-order valence-corrected chi connectivity index (χ4v) is 1.03. The SMILES string of the molecule is N#Cc1cccc(-c2ncon2)c1. The lowest BCUT2D eigenvalue weighted by Crippen LogP contribution is -1.81. The molecule has 0 bridgehead atoms. The second-order valence-corrected chi connectivity index (χ2v) is 2.45. The summed E-state index contributed by atoms with van der Waals surface area (Å²) in [6.45, 7) is 0. The van der Waals surface area contributed by atoms with Crippen LogP contribution in [-0.2, 0) is 0 Å². The van der Waals surface area contributed by atoms with Gasteiger partial charge in [0.25, 0.3) is 0 Å². The van der Waals surface area contributed by atoms with Crippen molar-refractivity contribution in [1.82, 2.24) is 10.1 Å². The van der Waals surface area contributed by atoms with Crippen LogP contribution in [0.15, 0.2) is 35.2 Å². The highest BCUT2D eigenvalue weighted by Crippen LogP contribution is 2.14. The third-order valence-electron chi connectivity index (χ3n) is 1.61. The van der Waals surface area contributed by atoms with Crippen LogP contribution < -0.4 is 0 Å². The summed E-state index contributed by atoms with van der Waals surface area (Å²) in [7, 11) is 0. The summed E-state index contributed by atoms with van der Waals surface area (Å²) in [5.74, 6) is 0.497. The fraction of sp³-hybridized carbons (Fsp3) is 0. The second-order valence-electron chi connectivity index (χ2n) is 2.45. The lowest BCUT2D eigenvalue weighted by Gasteiger charge is -1.93. The molecule has 0 aliphatic heterocycles. The van der Waals surface area contributed by atoms with Crippen molar-refractivity contribution < 1.29 is 4.52 Å². The molecule has 62 valence electrons. The summed E-state index contributed by atoms with van der Waals surface area (Å²) < 4.78 is 4.60. The van der Waals surface area contributed by atoms with E-state index in [1.165, 1.54) is 6.39 Å². The highest BCUT2D eigenvalue weighted by molar-refractivity contribution is 5.56. The molecule has 0 aliphatic rings. The van der Waals surface area contributed by atoms with Crippen molar-refractivity contribution in [3.63, 3.8) is 0 Å². The predicted molar refractivity (Wildman–Crippen MR) is 44.4 cm³/mol. The van der Waals surface area contributed by atoms with E-state index in [2.05, 4.69) is 14.7 Å². The maximum Gasteiger partial charge on any atom is 0.214 e. The Morgan fingerprint density at radius 1 is 1.38 bits per heavy atom. The molecule has 0 atom stereocenters. The standard InChI is InChI=1S/C9H5N3O/c10-5-7-2-1-3-8(4-7)9-11-6-13-12-9/h1-4,6H. The number of nitriles is 1. The van der Waals surface area contributed by atoms with Crippen molar-refractivity contribution >= 4 is 0 Å². The topological polar surface area (TPSA) is 62.7 Å². The van der Waals surface area contributed by atoms with Crippen molar-refractivity contribution in [2.75, 3.05) is 0 Å². The Hall–Kier alpha value is -2.15. The first-order chi connectivity index (χ1) is 6.40. The van der Waals surface area contributed by atoms with Crippen LogP contribution in [0, 0.1) is 11.3 Å². The van der Waals surface area contributed by atoms with E-state index < -0.39 is 0 Å². The summed E-state index contributed by atoms with van der Waals surface area (Å²) in [5, 5.41) is 12.3. The monoisotopic (exact) mass is 171 g/mol. The maximum absolute atomic E-state index is 8.65. The molecule has 4 nitrogen and oxygen atoms in total. The van der Waals surface area contributed by atoms with Crippen molar-refractivity contribution in [2.24, 2.45) is 0 Å². The lowest BCUT2D eigenvalue weighted by atomic mass is 10.1. The second kappa shape index (κ2) is 3.07. The van der Waals surface area contributed by atoms with Crippen molar-refractivity contribution in [3.05, 3.63) is 36.2 Å². The molecule has 0 unspecified atom stereocenters. The summed E-state index contributed by atoms with van der Waals surface area (Å²) in [6.07, 6.45) is 1.26. The molecule has 0 saturated heterocycles. The molecule has 0 amide bonds.